The molecule has 5 heteroatoms. The van der Waals surface area contributed by atoms with Gasteiger partial charge in [-0.3, -0.25) is 0 Å². The van der Waals surface area contributed by atoms with E-state index in [2.05, 4.69) is 22.2 Å². The van der Waals surface area contributed by atoms with Crippen LogP contribution < -0.4 is 11.1 Å². The molecule has 1 saturated carbocycles. The van der Waals surface area contributed by atoms with E-state index in [0.29, 0.717) is 11.7 Å². The SMILES string of the molecule is CN(CCNc1nc2ccc(N)cc2o1)C1CC1. The van der Waals surface area contributed by atoms with Gasteiger partial charge in [-0.1, -0.05) is 0 Å². The summed E-state index contributed by atoms with van der Waals surface area (Å²) in [6.45, 7) is 1.85. The molecule has 0 radical (unpaired) electrons. The third kappa shape index (κ3) is 2.41. The zero-order valence-corrected chi connectivity index (χ0v) is 10.5. The summed E-state index contributed by atoms with van der Waals surface area (Å²) in [6, 6.07) is 6.85. The van der Waals surface area contributed by atoms with Gasteiger partial charge in [-0.05, 0) is 32.0 Å². The van der Waals surface area contributed by atoms with Gasteiger partial charge in [-0.25, -0.2) is 0 Å². The van der Waals surface area contributed by atoms with Crippen molar-refractivity contribution in [1.29, 1.82) is 0 Å². The molecule has 1 aliphatic carbocycles. The minimum Gasteiger partial charge on any atom is -0.423 e. The molecular formula is C13H18N4O. The topological polar surface area (TPSA) is 67.3 Å². The lowest BCUT2D eigenvalue weighted by atomic mass is 10.3. The summed E-state index contributed by atoms with van der Waals surface area (Å²) in [7, 11) is 2.16. The number of rotatable bonds is 5. The van der Waals surface area contributed by atoms with Crippen molar-refractivity contribution in [1.82, 2.24) is 9.88 Å². The van der Waals surface area contributed by atoms with Crippen molar-refractivity contribution < 1.29 is 4.42 Å². The van der Waals surface area contributed by atoms with Gasteiger partial charge in [0.2, 0.25) is 0 Å². The van der Waals surface area contributed by atoms with E-state index >= 15 is 0 Å². The summed E-state index contributed by atoms with van der Waals surface area (Å²) in [5, 5.41) is 3.21. The number of aromatic nitrogens is 1. The van der Waals surface area contributed by atoms with Crippen molar-refractivity contribution in [2.45, 2.75) is 18.9 Å². The van der Waals surface area contributed by atoms with Crippen molar-refractivity contribution in [2.75, 3.05) is 31.2 Å². The average molecular weight is 246 g/mol. The van der Waals surface area contributed by atoms with Crippen molar-refractivity contribution in [3.05, 3.63) is 18.2 Å². The quantitative estimate of drug-likeness (QED) is 0.789. The highest BCUT2D eigenvalue weighted by molar-refractivity contribution is 5.78. The van der Waals surface area contributed by atoms with Crippen molar-refractivity contribution in [3.63, 3.8) is 0 Å². The van der Waals surface area contributed by atoms with Crippen molar-refractivity contribution in [2.24, 2.45) is 0 Å². The number of oxazole rings is 1. The van der Waals surface area contributed by atoms with E-state index in [9.17, 15) is 0 Å². The van der Waals surface area contributed by atoms with Gasteiger partial charge in [0.25, 0.3) is 6.01 Å². The third-order valence-corrected chi connectivity index (χ3v) is 3.32. The molecule has 1 heterocycles. The zero-order chi connectivity index (χ0) is 12.5. The molecule has 1 aromatic heterocycles. The number of fused-ring (bicyclic) bond motifs is 1. The highest BCUT2D eigenvalue weighted by Gasteiger charge is 2.25. The molecule has 0 aliphatic heterocycles. The van der Waals surface area contributed by atoms with E-state index in [1.807, 2.05) is 12.1 Å². The summed E-state index contributed by atoms with van der Waals surface area (Å²) in [5.74, 6) is 0. The molecular weight excluding hydrogens is 228 g/mol. The lowest BCUT2D eigenvalue weighted by Gasteiger charge is -2.14. The largest absolute Gasteiger partial charge is 0.423 e. The molecule has 0 spiro atoms. The fourth-order valence-electron chi connectivity index (χ4n) is 2.05. The van der Waals surface area contributed by atoms with Gasteiger partial charge in [0.05, 0.1) is 0 Å². The van der Waals surface area contributed by atoms with Gasteiger partial charge in [-0.15, -0.1) is 0 Å². The average Bonchev–Trinajstić information content (AvgIpc) is 3.11. The number of benzene rings is 1. The number of anilines is 2. The standard InChI is InChI=1S/C13H18N4O/c1-17(10-3-4-10)7-6-15-13-16-11-5-2-9(14)8-12(11)18-13/h2,5,8,10H,3-4,6-7,14H2,1H3,(H,15,16). The van der Waals surface area contributed by atoms with Crippen LogP contribution in [-0.2, 0) is 0 Å². The van der Waals surface area contributed by atoms with Crippen LogP contribution in [0.15, 0.2) is 22.6 Å². The highest BCUT2D eigenvalue weighted by atomic mass is 16.4. The molecule has 0 amide bonds. The summed E-state index contributed by atoms with van der Waals surface area (Å²) in [5.41, 5.74) is 7.96. The Kier molecular flexibility index (Phi) is 2.83. The number of hydrogen-bond donors (Lipinski definition) is 2. The number of nitrogen functional groups attached to an aromatic ring is 1. The second-order valence-electron chi connectivity index (χ2n) is 4.88. The summed E-state index contributed by atoms with van der Waals surface area (Å²) in [6.07, 6.45) is 2.66. The number of hydrogen-bond acceptors (Lipinski definition) is 5. The van der Waals surface area contributed by atoms with Crippen molar-refractivity contribution in [3.8, 4) is 0 Å². The smallest absolute Gasteiger partial charge is 0.295 e. The Balaban J connectivity index is 1.60. The maximum Gasteiger partial charge on any atom is 0.295 e. The van der Waals surface area contributed by atoms with Crippen LogP contribution in [0.5, 0.6) is 0 Å². The second-order valence-corrected chi connectivity index (χ2v) is 4.88. The monoisotopic (exact) mass is 246 g/mol. The maximum atomic E-state index is 5.70. The van der Waals surface area contributed by atoms with E-state index < -0.39 is 0 Å². The molecule has 3 rings (SSSR count). The summed E-state index contributed by atoms with van der Waals surface area (Å²) in [4.78, 5) is 6.73. The normalized spacial score (nSPS) is 15.4. The van der Waals surface area contributed by atoms with Crippen LogP contribution in [0, 0.1) is 0 Å². The Hall–Kier alpha value is -1.75. The fourth-order valence-corrected chi connectivity index (χ4v) is 2.05. The van der Waals surface area contributed by atoms with Crippen LogP contribution in [0.4, 0.5) is 11.7 Å². The second kappa shape index (κ2) is 4.49. The third-order valence-electron chi connectivity index (χ3n) is 3.32. The predicted octanol–water partition coefficient (Wildman–Crippen LogP) is 1.92. The molecule has 1 fully saturated rings. The minimum atomic E-state index is 0.569. The van der Waals surface area contributed by atoms with Crippen LogP contribution in [0.3, 0.4) is 0 Å². The Bertz CT molecular complexity index is 547. The van der Waals surface area contributed by atoms with Crippen LogP contribution in [0.25, 0.3) is 11.1 Å². The van der Waals surface area contributed by atoms with E-state index in [-0.39, 0.29) is 0 Å². The minimum absolute atomic E-state index is 0.569. The van der Waals surface area contributed by atoms with E-state index in [1.165, 1.54) is 12.8 Å². The number of nitrogens with two attached hydrogens (primary N) is 1. The Morgan fingerprint density at radius 3 is 3.11 bits per heavy atom. The van der Waals surface area contributed by atoms with Crippen molar-refractivity contribution >= 4 is 22.8 Å². The molecule has 1 aromatic carbocycles. The number of likely N-dealkylation sites (N-methyl/N-ethyl adjacent to an activating group) is 1. The molecule has 96 valence electrons. The first kappa shape index (κ1) is 11.3. The fraction of sp³-hybridized carbons (Fsp3) is 0.462. The Labute approximate surface area is 106 Å². The van der Waals surface area contributed by atoms with Gasteiger partial charge < -0.3 is 20.4 Å². The number of nitrogens with one attached hydrogen (secondary N) is 1. The molecule has 0 atom stereocenters. The van der Waals surface area contributed by atoms with Crippen LogP contribution in [0.2, 0.25) is 0 Å². The van der Waals surface area contributed by atoms with Crippen LogP contribution >= 0.6 is 0 Å². The number of nitrogens with zero attached hydrogens (tertiary/aromatic N) is 2. The van der Waals surface area contributed by atoms with Crippen LogP contribution in [0.1, 0.15) is 12.8 Å². The first-order valence-electron chi connectivity index (χ1n) is 6.32. The molecule has 2 aromatic rings. The molecule has 5 nitrogen and oxygen atoms in total. The van der Waals surface area contributed by atoms with Gasteiger partial charge >= 0.3 is 0 Å². The van der Waals surface area contributed by atoms with Gasteiger partial charge in [0.1, 0.15) is 5.52 Å². The van der Waals surface area contributed by atoms with E-state index in [0.717, 1.165) is 30.2 Å². The van der Waals surface area contributed by atoms with Crippen LogP contribution in [-0.4, -0.2) is 36.1 Å². The highest BCUT2D eigenvalue weighted by Crippen LogP contribution is 2.25. The predicted molar refractivity (Wildman–Crippen MR) is 72.6 cm³/mol. The molecule has 0 bridgehead atoms. The van der Waals surface area contributed by atoms with Gasteiger partial charge in [0.15, 0.2) is 5.58 Å². The van der Waals surface area contributed by atoms with E-state index in [4.69, 9.17) is 10.2 Å². The maximum absolute atomic E-state index is 5.70. The summed E-state index contributed by atoms with van der Waals surface area (Å²) < 4.78 is 5.59. The molecule has 18 heavy (non-hydrogen) atoms. The first-order valence-corrected chi connectivity index (χ1v) is 6.32. The molecule has 0 unspecified atom stereocenters. The van der Waals surface area contributed by atoms with E-state index in [1.54, 1.807) is 6.07 Å². The molecule has 1 aliphatic rings. The van der Waals surface area contributed by atoms with Gasteiger partial charge in [-0.2, -0.15) is 4.98 Å². The van der Waals surface area contributed by atoms with Gasteiger partial charge in [0, 0.05) is 30.9 Å². The molecule has 0 saturated heterocycles. The Morgan fingerprint density at radius 2 is 2.33 bits per heavy atom. The lowest BCUT2D eigenvalue weighted by molar-refractivity contribution is 0.336. The lowest BCUT2D eigenvalue weighted by Crippen LogP contribution is -2.27. The molecule has 3 N–H and O–H groups in total. The summed E-state index contributed by atoms with van der Waals surface area (Å²) >= 11 is 0. The Morgan fingerprint density at radius 1 is 1.50 bits per heavy atom. The first-order chi connectivity index (χ1) is 8.72. The zero-order valence-electron chi connectivity index (χ0n) is 10.5.